The minimum atomic E-state index is 0. The second-order valence-corrected chi connectivity index (χ2v) is 0. The van der Waals surface area contributed by atoms with Crippen LogP contribution in [0.1, 0.15) is 0 Å². The summed E-state index contributed by atoms with van der Waals surface area (Å²) >= 11 is 0. The SMILES string of the molecule is [Fe].[Fe].[Fe].[N-3].[N-3].[N-3].[N-3].[N-3].[Ta+5].[Ta+5].[Ta+5]. The van der Waals surface area contributed by atoms with Crippen LogP contribution >= 0.6 is 0 Å². The zero-order valence-corrected chi connectivity index (χ0v) is 17.6. The van der Waals surface area contributed by atoms with Gasteiger partial charge in [-0.25, -0.2) is 0 Å². The van der Waals surface area contributed by atoms with Crippen molar-refractivity contribution >= 4 is 0 Å². The van der Waals surface area contributed by atoms with E-state index in [4.69, 9.17) is 0 Å². The number of hydrogen-bond acceptors (Lipinski definition) is 0. The molecule has 0 aliphatic carbocycles. The minimum absolute atomic E-state index is 0. The zero-order valence-electron chi connectivity index (χ0n) is 4.64. The Morgan fingerprint density at radius 1 is 0.273 bits per heavy atom. The summed E-state index contributed by atoms with van der Waals surface area (Å²) in [5.41, 5.74) is 0. The van der Waals surface area contributed by atoms with E-state index in [-0.39, 0.29) is 149 Å². The molecule has 0 bridgehead atoms. The summed E-state index contributed by atoms with van der Waals surface area (Å²) in [5.74, 6) is 0. The summed E-state index contributed by atoms with van der Waals surface area (Å²) < 4.78 is 0. The molecule has 0 aromatic rings. The molecule has 0 aromatic heterocycles. The smallest absolute Gasteiger partial charge is 3.00 e. The van der Waals surface area contributed by atoms with Gasteiger partial charge in [0.25, 0.3) is 0 Å². The van der Waals surface area contributed by atoms with Crippen LogP contribution in [0.25, 0.3) is 30.8 Å². The molecule has 0 saturated heterocycles. The largest absolute Gasteiger partial charge is 5.00 e. The Hall–Kier alpha value is 3.58. The molecule has 0 amide bonds. The molecule has 0 aliphatic rings. The van der Waals surface area contributed by atoms with Crippen molar-refractivity contribution in [1.82, 2.24) is 0 Å². The van der Waals surface area contributed by atoms with E-state index in [0.717, 1.165) is 0 Å². The summed E-state index contributed by atoms with van der Waals surface area (Å²) in [7, 11) is 0. The van der Waals surface area contributed by atoms with Crippen molar-refractivity contribution < 1.29 is 118 Å². The van der Waals surface area contributed by atoms with Gasteiger partial charge < -0.3 is 30.8 Å². The van der Waals surface area contributed by atoms with Crippen molar-refractivity contribution in [1.29, 1.82) is 0 Å². The number of nitrogens with zero attached hydrogens (tertiary/aromatic N) is 5. The maximum atomic E-state index is 0. The first kappa shape index (κ1) is 210. The molecule has 0 unspecified atom stereocenters. The molecule has 0 radical (unpaired) electrons. The third-order valence-electron chi connectivity index (χ3n) is 0. The Bertz CT molecular complexity index is 16.9. The van der Waals surface area contributed by atoms with Gasteiger partial charge >= 0.3 is 67.1 Å². The quantitative estimate of drug-likeness (QED) is 0.327. The van der Waals surface area contributed by atoms with Crippen LogP contribution in [0.3, 0.4) is 0 Å². The third-order valence-corrected chi connectivity index (χ3v) is 0. The number of hydrogen-bond donors (Lipinski definition) is 0. The molecular formula is Fe3N5Ta3. The van der Waals surface area contributed by atoms with Crippen LogP contribution in [-0.4, -0.2) is 0 Å². The standard InChI is InChI=1S/3Fe.5N.3Ta/q;;;5*-3;3*+5. The average molecular weight is 780 g/mol. The van der Waals surface area contributed by atoms with Crippen molar-refractivity contribution in [2.75, 3.05) is 0 Å². The molecule has 0 rings (SSSR count). The van der Waals surface area contributed by atoms with E-state index in [9.17, 15) is 0 Å². The Morgan fingerprint density at radius 2 is 0.273 bits per heavy atom. The molecule has 0 spiro atoms. The van der Waals surface area contributed by atoms with Gasteiger partial charge in [-0.05, 0) is 0 Å². The van der Waals surface area contributed by atoms with Crippen LogP contribution in [0.5, 0.6) is 0 Å². The van der Waals surface area contributed by atoms with E-state index in [0.29, 0.717) is 0 Å². The molecule has 0 heterocycles. The van der Waals surface area contributed by atoms with E-state index in [2.05, 4.69) is 0 Å². The monoisotopic (exact) mass is 781 g/mol. The van der Waals surface area contributed by atoms with Crippen molar-refractivity contribution in [3.63, 3.8) is 0 Å². The van der Waals surface area contributed by atoms with Crippen LogP contribution in [-0.2, 0) is 118 Å². The Kier molecular flexibility index (Phi) is 3200. The van der Waals surface area contributed by atoms with Crippen LogP contribution in [0.15, 0.2) is 0 Å². The normalized spacial score (nSPS) is 0. The Morgan fingerprint density at radius 3 is 0.273 bits per heavy atom. The fraction of sp³-hybridized carbons (Fsp3) is 0. The summed E-state index contributed by atoms with van der Waals surface area (Å²) in [6.07, 6.45) is 0. The Balaban J connectivity index is 0. The number of rotatable bonds is 0. The predicted octanol–water partition coefficient (Wildman–Crippen LogP) is 1.43. The maximum Gasteiger partial charge on any atom is 5.00 e. The van der Waals surface area contributed by atoms with Gasteiger partial charge in [0.05, 0.1) is 0 Å². The second kappa shape index (κ2) is 168. The zero-order chi connectivity index (χ0) is 0. The molecule has 11 heavy (non-hydrogen) atoms. The predicted molar refractivity (Wildman–Crippen MR) is 16.8 cm³/mol. The fourth-order valence-corrected chi connectivity index (χ4v) is 0. The van der Waals surface area contributed by atoms with Gasteiger partial charge in [0.2, 0.25) is 0 Å². The minimum Gasteiger partial charge on any atom is -3.00 e. The average Bonchev–Trinajstić information content (AvgIpc) is 0. The van der Waals surface area contributed by atoms with Gasteiger partial charge in [-0.15, -0.1) is 0 Å². The van der Waals surface area contributed by atoms with E-state index in [1.165, 1.54) is 0 Å². The first-order valence-corrected chi connectivity index (χ1v) is 0. The van der Waals surface area contributed by atoms with Crippen LogP contribution < -0.4 is 0 Å². The van der Waals surface area contributed by atoms with E-state index in [1.54, 1.807) is 0 Å². The molecule has 5 nitrogen and oxygen atoms in total. The molecule has 0 atom stereocenters. The summed E-state index contributed by atoms with van der Waals surface area (Å²) in [4.78, 5) is 0. The maximum absolute atomic E-state index is 0. The molecule has 64 valence electrons. The Labute approximate surface area is 147 Å². The van der Waals surface area contributed by atoms with Crippen molar-refractivity contribution in [3.05, 3.63) is 30.8 Å². The van der Waals surface area contributed by atoms with Crippen LogP contribution in [0.2, 0.25) is 0 Å². The van der Waals surface area contributed by atoms with Gasteiger partial charge in [0, 0.05) is 51.2 Å². The van der Waals surface area contributed by atoms with Crippen molar-refractivity contribution in [2.45, 2.75) is 0 Å². The van der Waals surface area contributed by atoms with Gasteiger partial charge in [0.15, 0.2) is 0 Å². The molecule has 0 aliphatic heterocycles. The topological polar surface area (TPSA) is 152 Å². The summed E-state index contributed by atoms with van der Waals surface area (Å²) in [6.45, 7) is 0. The van der Waals surface area contributed by atoms with E-state index >= 15 is 0 Å². The molecule has 0 N–H and O–H groups in total. The van der Waals surface area contributed by atoms with Gasteiger partial charge in [-0.1, -0.05) is 0 Å². The molecule has 0 aromatic carbocycles. The first-order valence-electron chi connectivity index (χ1n) is 0. The van der Waals surface area contributed by atoms with E-state index in [1.807, 2.05) is 0 Å². The van der Waals surface area contributed by atoms with Gasteiger partial charge in [-0.2, -0.15) is 0 Å². The molecule has 0 saturated carbocycles. The summed E-state index contributed by atoms with van der Waals surface area (Å²) in [6, 6.07) is 0. The second-order valence-electron chi connectivity index (χ2n) is 0. The van der Waals surface area contributed by atoms with Crippen LogP contribution in [0.4, 0.5) is 0 Å². The van der Waals surface area contributed by atoms with Gasteiger partial charge in [0.1, 0.15) is 0 Å². The van der Waals surface area contributed by atoms with Crippen LogP contribution in [0, 0.1) is 0 Å². The molecule has 0 fully saturated rings. The third kappa shape index (κ3) is 142. The van der Waals surface area contributed by atoms with Crippen molar-refractivity contribution in [3.8, 4) is 0 Å². The van der Waals surface area contributed by atoms with E-state index < -0.39 is 0 Å². The van der Waals surface area contributed by atoms with Crippen molar-refractivity contribution in [2.24, 2.45) is 0 Å². The molecule has 11 heteroatoms. The van der Waals surface area contributed by atoms with Gasteiger partial charge in [-0.3, -0.25) is 0 Å². The summed E-state index contributed by atoms with van der Waals surface area (Å²) in [5, 5.41) is 0. The fourth-order valence-electron chi connectivity index (χ4n) is 0. The molecular weight excluding hydrogens is 780 g/mol. The first-order chi connectivity index (χ1) is 0.